The van der Waals surface area contributed by atoms with Gasteiger partial charge in [-0.2, -0.15) is 0 Å². The smallest absolute Gasteiger partial charge is 0.321 e. The molecule has 5 heteroatoms. The van der Waals surface area contributed by atoms with Crippen molar-refractivity contribution in [3.05, 3.63) is 29.8 Å². The molecule has 1 rings (SSSR count). The maximum absolute atomic E-state index is 11.4. The van der Waals surface area contributed by atoms with Crippen LogP contribution in [-0.4, -0.2) is 25.1 Å². The molecule has 0 aliphatic heterocycles. The number of nitrogens with one attached hydrogen (secondary N) is 2. The minimum atomic E-state index is -0.488. The molecule has 1 aromatic carbocycles. The van der Waals surface area contributed by atoms with E-state index >= 15 is 0 Å². The third kappa shape index (κ3) is 5.90. The number of urea groups is 1. The molecule has 0 aliphatic rings. The average molecular weight is 264 g/mol. The van der Waals surface area contributed by atoms with Crippen LogP contribution < -0.4 is 15.4 Å². The third-order valence-corrected chi connectivity index (χ3v) is 2.47. The van der Waals surface area contributed by atoms with E-state index in [1.165, 1.54) is 0 Å². The molecule has 0 saturated carbocycles. The van der Waals surface area contributed by atoms with Crippen molar-refractivity contribution in [2.45, 2.75) is 26.7 Å². The van der Waals surface area contributed by atoms with E-state index < -0.39 is 11.9 Å². The van der Waals surface area contributed by atoms with Crippen molar-refractivity contribution in [1.82, 2.24) is 10.6 Å². The van der Waals surface area contributed by atoms with Gasteiger partial charge in [0.05, 0.1) is 0 Å². The van der Waals surface area contributed by atoms with Gasteiger partial charge in [-0.1, -0.05) is 26.0 Å². The number of ether oxygens (including phenoxy) is 1. The summed E-state index contributed by atoms with van der Waals surface area (Å²) >= 11 is 0. The van der Waals surface area contributed by atoms with E-state index in [4.69, 9.17) is 4.74 Å². The van der Waals surface area contributed by atoms with Crippen LogP contribution in [0.2, 0.25) is 0 Å². The molecule has 1 aromatic rings. The third-order valence-electron chi connectivity index (χ3n) is 2.47. The Morgan fingerprint density at radius 2 is 2.05 bits per heavy atom. The first-order chi connectivity index (χ1) is 9.15. The lowest BCUT2D eigenvalue weighted by atomic mass is 10.2. The van der Waals surface area contributed by atoms with Crippen molar-refractivity contribution in [2.24, 2.45) is 0 Å². The molecule has 19 heavy (non-hydrogen) atoms. The SMILES string of the molecule is CCCNC(=O)NC(=O)COc1cccc(CC)c1. The van der Waals surface area contributed by atoms with Crippen LogP contribution in [0.1, 0.15) is 25.8 Å². The van der Waals surface area contributed by atoms with E-state index in [0.29, 0.717) is 12.3 Å². The van der Waals surface area contributed by atoms with Crippen LogP contribution in [0, 0.1) is 0 Å². The van der Waals surface area contributed by atoms with Crippen LogP contribution in [0.4, 0.5) is 4.79 Å². The van der Waals surface area contributed by atoms with Gasteiger partial charge >= 0.3 is 6.03 Å². The summed E-state index contributed by atoms with van der Waals surface area (Å²) in [5.74, 6) is 0.166. The van der Waals surface area contributed by atoms with E-state index in [-0.39, 0.29) is 6.61 Å². The van der Waals surface area contributed by atoms with Crippen LogP contribution in [0.15, 0.2) is 24.3 Å². The van der Waals surface area contributed by atoms with Crippen LogP contribution >= 0.6 is 0 Å². The first-order valence-electron chi connectivity index (χ1n) is 6.45. The molecule has 0 saturated heterocycles. The Bertz CT molecular complexity index is 432. The number of rotatable bonds is 6. The molecule has 0 aliphatic carbocycles. The minimum Gasteiger partial charge on any atom is -0.484 e. The van der Waals surface area contributed by atoms with Crippen molar-refractivity contribution >= 4 is 11.9 Å². The molecule has 0 bridgehead atoms. The molecule has 0 atom stereocenters. The predicted octanol–water partition coefficient (Wildman–Crippen LogP) is 1.86. The average Bonchev–Trinajstić information content (AvgIpc) is 2.43. The lowest BCUT2D eigenvalue weighted by Gasteiger charge is -2.08. The topological polar surface area (TPSA) is 67.4 Å². The van der Waals surface area contributed by atoms with Gasteiger partial charge in [0.25, 0.3) is 5.91 Å². The Hall–Kier alpha value is -2.04. The molecule has 2 N–H and O–H groups in total. The van der Waals surface area contributed by atoms with E-state index in [2.05, 4.69) is 10.6 Å². The fourth-order valence-electron chi connectivity index (χ4n) is 1.45. The first kappa shape index (κ1) is 15.0. The summed E-state index contributed by atoms with van der Waals surface area (Å²) < 4.78 is 5.32. The van der Waals surface area contributed by atoms with Gasteiger partial charge in [-0.3, -0.25) is 10.1 Å². The molecule has 0 aromatic heterocycles. The molecule has 0 spiro atoms. The van der Waals surface area contributed by atoms with Crippen LogP contribution in [-0.2, 0) is 11.2 Å². The fraction of sp³-hybridized carbons (Fsp3) is 0.429. The highest BCUT2D eigenvalue weighted by atomic mass is 16.5. The number of aryl methyl sites for hydroxylation is 1. The van der Waals surface area contributed by atoms with E-state index in [0.717, 1.165) is 18.4 Å². The minimum absolute atomic E-state index is 0.174. The summed E-state index contributed by atoms with van der Waals surface area (Å²) in [5.41, 5.74) is 1.14. The second-order valence-electron chi connectivity index (χ2n) is 4.09. The van der Waals surface area contributed by atoms with Crippen LogP contribution in [0.5, 0.6) is 5.75 Å². The zero-order valence-corrected chi connectivity index (χ0v) is 11.4. The number of carbonyl (C=O) groups excluding carboxylic acids is 2. The second kappa shape index (κ2) is 8.13. The summed E-state index contributed by atoms with van der Waals surface area (Å²) in [6.45, 7) is 4.35. The van der Waals surface area contributed by atoms with Crippen molar-refractivity contribution in [1.29, 1.82) is 0 Å². The second-order valence-corrected chi connectivity index (χ2v) is 4.09. The van der Waals surface area contributed by atoms with Gasteiger partial charge in [-0.15, -0.1) is 0 Å². The van der Waals surface area contributed by atoms with Crippen molar-refractivity contribution < 1.29 is 14.3 Å². The number of hydrogen-bond donors (Lipinski definition) is 2. The maximum atomic E-state index is 11.4. The van der Waals surface area contributed by atoms with Gasteiger partial charge in [0.2, 0.25) is 0 Å². The molecule has 3 amide bonds. The monoisotopic (exact) mass is 264 g/mol. The van der Waals surface area contributed by atoms with Crippen molar-refractivity contribution in [3.8, 4) is 5.75 Å². The number of benzene rings is 1. The normalized spacial score (nSPS) is 9.79. The van der Waals surface area contributed by atoms with Gasteiger partial charge in [0, 0.05) is 6.54 Å². The van der Waals surface area contributed by atoms with Gasteiger partial charge in [-0.25, -0.2) is 4.79 Å². The number of amides is 3. The first-order valence-corrected chi connectivity index (χ1v) is 6.45. The maximum Gasteiger partial charge on any atom is 0.321 e. The van der Waals surface area contributed by atoms with Crippen molar-refractivity contribution in [3.63, 3.8) is 0 Å². The summed E-state index contributed by atoms with van der Waals surface area (Å²) in [7, 11) is 0. The molecule has 0 heterocycles. The van der Waals surface area contributed by atoms with Crippen molar-refractivity contribution in [2.75, 3.05) is 13.2 Å². The summed E-state index contributed by atoms with van der Waals surface area (Å²) in [6, 6.07) is 7.04. The van der Waals surface area contributed by atoms with Gasteiger partial charge in [-0.05, 0) is 30.5 Å². The number of imide groups is 1. The highest BCUT2D eigenvalue weighted by Gasteiger charge is 2.07. The molecule has 0 fully saturated rings. The Labute approximate surface area is 113 Å². The molecular weight excluding hydrogens is 244 g/mol. The summed E-state index contributed by atoms with van der Waals surface area (Å²) in [4.78, 5) is 22.7. The Kier molecular flexibility index (Phi) is 6.43. The van der Waals surface area contributed by atoms with Crippen LogP contribution in [0.3, 0.4) is 0 Å². The van der Waals surface area contributed by atoms with Crippen LogP contribution in [0.25, 0.3) is 0 Å². The predicted molar refractivity (Wildman–Crippen MR) is 73.1 cm³/mol. The van der Waals surface area contributed by atoms with Gasteiger partial charge in [0.1, 0.15) is 5.75 Å². The number of hydrogen-bond acceptors (Lipinski definition) is 3. The molecule has 0 radical (unpaired) electrons. The van der Waals surface area contributed by atoms with E-state index in [1.807, 2.05) is 32.0 Å². The Balaban J connectivity index is 2.35. The fourth-order valence-corrected chi connectivity index (χ4v) is 1.45. The highest BCUT2D eigenvalue weighted by molar-refractivity contribution is 5.94. The molecule has 0 unspecified atom stereocenters. The van der Waals surface area contributed by atoms with Gasteiger partial charge < -0.3 is 10.1 Å². The summed E-state index contributed by atoms with van der Waals surface area (Å²) in [5, 5.41) is 4.75. The standard InChI is InChI=1S/C14H20N2O3/c1-3-8-15-14(18)16-13(17)10-19-12-7-5-6-11(4-2)9-12/h5-7,9H,3-4,8,10H2,1-2H3,(H2,15,16,17,18). The quantitative estimate of drug-likeness (QED) is 0.824. The van der Waals surface area contributed by atoms with E-state index in [9.17, 15) is 9.59 Å². The highest BCUT2D eigenvalue weighted by Crippen LogP contribution is 2.13. The zero-order valence-electron chi connectivity index (χ0n) is 11.4. The summed E-state index contributed by atoms with van der Waals surface area (Å²) in [6.07, 6.45) is 1.73. The molecule has 5 nitrogen and oxygen atoms in total. The molecular formula is C14H20N2O3. The number of carbonyl (C=O) groups is 2. The lowest BCUT2D eigenvalue weighted by molar-refractivity contribution is -0.122. The largest absolute Gasteiger partial charge is 0.484 e. The Morgan fingerprint density at radius 3 is 2.74 bits per heavy atom. The lowest BCUT2D eigenvalue weighted by Crippen LogP contribution is -2.41. The zero-order chi connectivity index (χ0) is 14.1. The van der Waals surface area contributed by atoms with Gasteiger partial charge in [0.15, 0.2) is 6.61 Å². The molecule has 104 valence electrons. The van der Waals surface area contributed by atoms with E-state index in [1.54, 1.807) is 6.07 Å². The Morgan fingerprint density at radius 1 is 1.26 bits per heavy atom.